The third-order valence-corrected chi connectivity index (χ3v) is 4.84. The van der Waals surface area contributed by atoms with Gasteiger partial charge in [-0.1, -0.05) is 96.8 Å². The second-order valence-electron chi connectivity index (χ2n) is 6.84. The summed E-state index contributed by atoms with van der Waals surface area (Å²) < 4.78 is 0. The molecule has 0 spiro atoms. The van der Waals surface area contributed by atoms with Crippen LogP contribution in [0.4, 0.5) is 0 Å². The van der Waals surface area contributed by atoms with Crippen molar-refractivity contribution in [3.63, 3.8) is 0 Å². The van der Waals surface area contributed by atoms with E-state index in [-0.39, 0.29) is 11.7 Å². The molecule has 1 N–H and O–H groups in total. The quantitative estimate of drug-likeness (QED) is 0.230. The highest BCUT2D eigenvalue weighted by molar-refractivity contribution is 6.19. The molecule has 0 aromatic rings. The molecule has 0 aromatic heterocycles. The van der Waals surface area contributed by atoms with Crippen molar-refractivity contribution in [3.05, 3.63) is 0 Å². The predicted octanol–water partition coefficient (Wildman–Crippen LogP) is 6.42. The number of carbonyl (C=O) groups is 1. The van der Waals surface area contributed by atoms with Crippen LogP contribution in [0.3, 0.4) is 0 Å². The van der Waals surface area contributed by atoms with E-state index in [0.717, 1.165) is 12.8 Å². The van der Waals surface area contributed by atoms with E-state index >= 15 is 0 Å². The van der Waals surface area contributed by atoms with Gasteiger partial charge in [-0.25, -0.2) is 0 Å². The maximum atomic E-state index is 11.4. The molecule has 0 aliphatic heterocycles. The van der Waals surface area contributed by atoms with Crippen molar-refractivity contribution >= 4 is 17.4 Å². The van der Waals surface area contributed by atoms with E-state index in [2.05, 4.69) is 6.92 Å². The van der Waals surface area contributed by atoms with Crippen LogP contribution in [-0.4, -0.2) is 22.9 Å². The maximum absolute atomic E-state index is 11.4. The first kappa shape index (κ1) is 22.9. The molecule has 1 unspecified atom stereocenters. The Kier molecular flexibility index (Phi) is 18.2. The molecule has 0 saturated carbocycles. The van der Waals surface area contributed by atoms with E-state index < -0.39 is 6.10 Å². The zero-order valence-corrected chi connectivity index (χ0v) is 16.1. The SMILES string of the molecule is CCCCCCCCCCCCCCCCCC(=O)C(O)CCl. The van der Waals surface area contributed by atoms with Crippen molar-refractivity contribution in [1.82, 2.24) is 0 Å². The molecule has 0 fully saturated rings. The molecule has 0 radical (unpaired) electrons. The normalized spacial score (nSPS) is 12.5. The fourth-order valence-corrected chi connectivity index (χ4v) is 3.10. The Balaban J connectivity index is 3.09. The largest absolute Gasteiger partial charge is 0.384 e. The first-order valence-corrected chi connectivity index (χ1v) is 10.5. The van der Waals surface area contributed by atoms with Gasteiger partial charge in [0.05, 0.1) is 5.88 Å². The molecule has 0 heterocycles. The zero-order valence-electron chi connectivity index (χ0n) is 15.3. The van der Waals surface area contributed by atoms with Gasteiger partial charge in [0, 0.05) is 6.42 Å². The minimum atomic E-state index is -0.955. The second-order valence-corrected chi connectivity index (χ2v) is 7.14. The van der Waals surface area contributed by atoms with Gasteiger partial charge in [-0.15, -0.1) is 11.6 Å². The number of aliphatic hydroxyl groups excluding tert-OH is 1. The average Bonchev–Trinajstić information content (AvgIpc) is 2.57. The minimum absolute atomic E-state index is 0.0254. The number of hydrogen-bond acceptors (Lipinski definition) is 2. The lowest BCUT2D eigenvalue weighted by atomic mass is 10.0. The smallest absolute Gasteiger partial charge is 0.162 e. The van der Waals surface area contributed by atoms with E-state index in [9.17, 15) is 9.90 Å². The molecular formula is C20H39ClO2. The van der Waals surface area contributed by atoms with Crippen LogP contribution in [0.2, 0.25) is 0 Å². The van der Waals surface area contributed by atoms with Crippen molar-refractivity contribution in [2.45, 2.75) is 116 Å². The van der Waals surface area contributed by atoms with Crippen LogP contribution in [0.1, 0.15) is 110 Å². The van der Waals surface area contributed by atoms with Crippen LogP contribution in [0, 0.1) is 0 Å². The Morgan fingerprint density at radius 3 is 1.43 bits per heavy atom. The minimum Gasteiger partial charge on any atom is -0.384 e. The molecule has 0 aromatic carbocycles. The van der Waals surface area contributed by atoms with Gasteiger partial charge in [0.1, 0.15) is 6.10 Å². The van der Waals surface area contributed by atoms with Gasteiger partial charge in [-0.05, 0) is 6.42 Å². The van der Waals surface area contributed by atoms with E-state index in [1.807, 2.05) is 0 Å². The molecule has 138 valence electrons. The van der Waals surface area contributed by atoms with Gasteiger partial charge in [-0.2, -0.15) is 0 Å². The molecule has 0 amide bonds. The summed E-state index contributed by atoms with van der Waals surface area (Å²) in [6.45, 7) is 2.27. The number of aliphatic hydroxyl groups is 1. The number of ketones is 1. The molecule has 1 atom stereocenters. The molecule has 3 heteroatoms. The molecule has 2 nitrogen and oxygen atoms in total. The van der Waals surface area contributed by atoms with Gasteiger partial charge in [0.25, 0.3) is 0 Å². The third-order valence-electron chi connectivity index (χ3n) is 4.54. The van der Waals surface area contributed by atoms with E-state index in [1.165, 1.54) is 83.5 Å². The Morgan fingerprint density at radius 1 is 0.739 bits per heavy atom. The number of unbranched alkanes of at least 4 members (excludes halogenated alkanes) is 14. The Hall–Kier alpha value is -0.0800. The fraction of sp³-hybridized carbons (Fsp3) is 0.950. The molecule has 0 bridgehead atoms. The van der Waals surface area contributed by atoms with Crippen LogP contribution < -0.4 is 0 Å². The monoisotopic (exact) mass is 346 g/mol. The first-order chi connectivity index (χ1) is 11.2. The van der Waals surface area contributed by atoms with Gasteiger partial charge in [0.15, 0.2) is 5.78 Å². The Bertz CT molecular complexity index is 256. The summed E-state index contributed by atoms with van der Waals surface area (Å²) >= 11 is 5.45. The van der Waals surface area contributed by atoms with Crippen LogP contribution in [-0.2, 0) is 4.79 Å². The third kappa shape index (κ3) is 16.6. The first-order valence-electron chi connectivity index (χ1n) is 9.99. The fourth-order valence-electron chi connectivity index (χ4n) is 2.92. The zero-order chi connectivity index (χ0) is 17.2. The van der Waals surface area contributed by atoms with Crippen molar-refractivity contribution in [2.75, 3.05) is 5.88 Å². The summed E-state index contributed by atoms with van der Waals surface area (Å²) in [5, 5.41) is 9.26. The van der Waals surface area contributed by atoms with Crippen LogP contribution in [0.25, 0.3) is 0 Å². The van der Waals surface area contributed by atoms with Crippen molar-refractivity contribution in [3.8, 4) is 0 Å². The number of alkyl halides is 1. The average molecular weight is 347 g/mol. The van der Waals surface area contributed by atoms with Crippen molar-refractivity contribution in [1.29, 1.82) is 0 Å². The summed E-state index contributed by atoms with van der Waals surface area (Å²) in [5.74, 6) is -0.0768. The number of Topliss-reactive ketones (excluding diaryl/α,β-unsaturated/α-hetero) is 1. The lowest BCUT2D eigenvalue weighted by molar-refractivity contribution is -0.126. The highest BCUT2D eigenvalue weighted by atomic mass is 35.5. The highest BCUT2D eigenvalue weighted by Crippen LogP contribution is 2.14. The highest BCUT2D eigenvalue weighted by Gasteiger charge is 2.12. The summed E-state index contributed by atoms with van der Waals surface area (Å²) in [6.07, 6.45) is 19.3. The van der Waals surface area contributed by atoms with Gasteiger partial charge >= 0.3 is 0 Å². The van der Waals surface area contributed by atoms with E-state index in [0.29, 0.717) is 6.42 Å². The van der Waals surface area contributed by atoms with Crippen LogP contribution >= 0.6 is 11.6 Å². The number of halogens is 1. The van der Waals surface area contributed by atoms with Crippen molar-refractivity contribution in [2.24, 2.45) is 0 Å². The lowest BCUT2D eigenvalue weighted by Gasteiger charge is -2.05. The Labute approximate surface area is 149 Å². The summed E-state index contributed by atoms with van der Waals surface area (Å²) in [7, 11) is 0. The second kappa shape index (κ2) is 18.3. The van der Waals surface area contributed by atoms with Crippen LogP contribution in [0.15, 0.2) is 0 Å². The van der Waals surface area contributed by atoms with Crippen LogP contribution in [0.5, 0.6) is 0 Å². The van der Waals surface area contributed by atoms with E-state index in [4.69, 9.17) is 11.6 Å². The maximum Gasteiger partial charge on any atom is 0.162 e. The molecule has 0 rings (SSSR count). The number of carbonyl (C=O) groups excluding carboxylic acids is 1. The lowest BCUT2D eigenvalue weighted by Crippen LogP contribution is -2.21. The van der Waals surface area contributed by atoms with Gasteiger partial charge < -0.3 is 5.11 Å². The number of rotatable bonds is 18. The topological polar surface area (TPSA) is 37.3 Å². The number of hydrogen-bond donors (Lipinski definition) is 1. The Morgan fingerprint density at radius 2 is 1.09 bits per heavy atom. The molecular weight excluding hydrogens is 308 g/mol. The molecule has 0 saturated heterocycles. The van der Waals surface area contributed by atoms with Crippen molar-refractivity contribution < 1.29 is 9.90 Å². The molecule has 0 aliphatic rings. The van der Waals surface area contributed by atoms with E-state index in [1.54, 1.807) is 0 Å². The van der Waals surface area contributed by atoms with Gasteiger partial charge in [-0.3, -0.25) is 4.79 Å². The molecule has 0 aliphatic carbocycles. The summed E-state index contributed by atoms with van der Waals surface area (Å²) in [5.41, 5.74) is 0. The standard InChI is InChI=1S/C20H39ClO2/c1-2-3-4-5-6-7-8-9-10-11-12-13-14-15-16-17-19(22)20(23)18-21/h20,23H,2-18H2,1H3. The predicted molar refractivity (Wildman–Crippen MR) is 101 cm³/mol. The van der Waals surface area contributed by atoms with Gasteiger partial charge in [0.2, 0.25) is 0 Å². The molecule has 23 heavy (non-hydrogen) atoms. The summed E-state index contributed by atoms with van der Waals surface area (Å²) in [4.78, 5) is 11.4. The summed E-state index contributed by atoms with van der Waals surface area (Å²) in [6, 6.07) is 0.